The molecule has 0 saturated carbocycles. The van der Waals surface area contributed by atoms with Crippen molar-refractivity contribution < 1.29 is 9.53 Å². The molecule has 0 spiro atoms. The van der Waals surface area contributed by atoms with Crippen molar-refractivity contribution in [1.82, 2.24) is 9.97 Å². The van der Waals surface area contributed by atoms with Crippen LogP contribution in [0, 0.1) is 0 Å². The SMILES string of the molecule is CC[C@@H](C)Sc1nc2c(c(=O)[nH]1)[C@@H](c1ccc(OC)cc1)C1=C(CCCC1=O)N2. The Labute approximate surface area is 174 Å². The van der Waals surface area contributed by atoms with E-state index in [1.54, 1.807) is 18.9 Å². The van der Waals surface area contributed by atoms with Crippen LogP contribution in [-0.2, 0) is 4.79 Å². The van der Waals surface area contributed by atoms with Gasteiger partial charge in [-0.1, -0.05) is 37.7 Å². The van der Waals surface area contributed by atoms with Crippen LogP contribution >= 0.6 is 11.8 Å². The van der Waals surface area contributed by atoms with Crippen LogP contribution in [0.5, 0.6) is 5.75 Å². The number of hydrogen-bond acceptors (Lipinski definition) is 6. The van der Waals surface area contributed by atoms with Crippen LogP contribution in [0.1, 0.15) is 56.6 Å². The number of ketones is 1. The van der Waals surface area contributed by atoms with Gasteiger partial charge in [0.2, 0.25) is 0 Å². The van der Waals surface area contributed by atoms with Crippen molar-refractivity contribution in [2.45, 2.75) is 55.9 Å². The van der Waals surface area contributed by atoms with Gasteiger partial charge in [0.1, 0.15) is 11.6 Å². The number of aromatic nitrogens is 2. The van der Waals surface area contributed by atoms with E-state index >= 15 is 0 Å². The first-order valence-electron chi connectivity index (χ1n) is 9.99. The number of hydrogen-bond donors (Lipinski definition) is 2. The predicted molar refractivity (Wildman–Crippen MR) is 115 cm³/mol. The highest BCUT2D eigenvalue weighted by Crippen LogP contribution is 2.43. The Morgan fingerprint density at radius 3 is 2.69 bits per heavy atom. The Bertz CT molecular complexity index is 1030. The first-order chi connectivity index (χ1) is 14.0. The summed E-state index contributed by atoms with van der Waals surface area (Å²) < 4.78 is 5.27. The second-order valence-electron chi connectivity index (χ2n) is 7.47. The molecule has 2 aromatic rings. The van der Waals surface area contributed by atoms with E-state index in [2.05, 4.69) is 24.1 Å². The fourth-order valence-electron chi connectivity index (χ4n) is 3.90. The van der Waals surface area contributed by atoms with Crippen molar-refractivity contribution in [2.75, 3.05) is 12.4 Å². The zero-order valence-electron chi connectivity index (χ0n) is 16.9. The Balaban J connectivity index is 1.86. The molecule has 2 heterocycles. The molecule has 6 nitrogen and oxygen atoms in total. The fourth-order valence-corrected chi connectivity index (χ4v) is 4.74. The molecule has 0 unspecified atom stereocenters. The maximum Gasteiger partial charge on any atom is 0.257 e. The number of allylic oxidation sites excluding steroid dienone is 2. The monoisotopic (exact) mass is 411 g/mol. The van der Waals surface area contributed by atoms with Crippen molar-refractivity contribution in [2.24, 2.45) is 0 Å². The first-order valence-corrected chi connectivity index (χ1v) is 10.9. The molecule has 0 amide bonds. The third kappa shape index (κ3) is 3.71. The van der Waals surface area contributed by atoms with E-state index in [0.717, 1.165) is 36.3 Å². The normalized spacial score (nSPS) is 19.3. The number of nitrogens with one attached hydrogen (secondary N) is 2. The number of thioether (sulfide) groups is 1. The molecule has 7 heteroatoms. The summed E-state index contributed by atoms with van der Waals surface area (Å²) in [5.74, 6) is 0.981. The average Bonchev–Trinajstić information content (AvgIpc) is 2.72. The molecule has 2 N–H and O–H groups in total. The number of aromatic amines is 1. The molecule has 4 rings (SSSR count). The van der Waals surface area contributed by atoms with Crippen LogP contribution in [0.15, 0.2) is 45.5 Å². The Hall–Kier alpha value is -2.54. The van der Waals surface area contributed by atoms with Crippen molar-refractivity contribution in [3.05, 3.63) is 57.0 Å². The number of methoxy groups -OCH3 is 1. The highest BCUT2D eigenvalue weighted by molar-refractivity contribution is 7.99. The molecule has 152 valence electrons. The second kappa shape index (κ2) is 8.06. The summed E-state index contributed by atoms with van der Waals surface area (Å²) in [6.07, 6.45) is 3.09. The van der Waals surface area contributed by atoms with Gasteiger partial charge in [-0.25, -0.2) is 4.98 Å². The van der Waals surface area contributed by atoms with Crippen LogP contribution < -0.4 is 15.6 Å². The van der Waals surface area contributed by atoms with E-state index in [0.29, 0.717) is 33.8 Å². The van der Waals surface area contributed by atoms with Gasteiger partial charge in [0.25, 0.3) is 5.56 Å². The van der Waals surface area contributed by atoms with Crippen molar-refractivity contribution in [3.8, 4) is 5.75 Å². The summed E-state index contributed by atoms with van der Waals surface area (Å²) in [6, 6.07) is 7.57. The lowest BCUT2D eigenvalue weighted by Gasteiger charge is -2.32. The maximum absolute atomic E-state index is 13.1. The van der Waals surface area contributed by atoms with Gasteiger partial charge in [-0.05, 0) is 37.0 Å². The zero-order chi connectivity index (χ0) is 20.5. The number of fused-ring (bicyclic) bond motifs is 1. The number of nitrogens with zero attached hydrogens (tertiary/aromatic N) is 1. The summed E-state index contributed by atoms with van der Waals surface area (Å²) in [7, 11) is 1.62. The Morgan fingerprint density at radius 2 is 2.00 bits per heavy atom. The first kappa shape index (κ1) is 19.8. The largest absolute Gasteiger partial charge is 0.497 e. The van der Waals surface area contributed by atoms with Gasteiger partial charge in [0.15, 0.2) is 10.9 Å². The van der Waals surface area contributed by atoms with Crippen LogP contribution in [0.25, 0.3) is 0 Å². The van der Waals surface area contributed by atoms with E-state index in [1.165, 1.54) is 0 Å². The fraction of sp³-hybridized carbons (Fsp3) is 0.409. The number of anilines is 1. The molecule has 1 aliphatic carbocycles. The predicted octanol–water partition coefficient (Wildman–Crippen LogP) is 4.23. The molecule has 0 radical (unpaired) electrons. The van der Waals surface area contributed by atoms with Gasteiger partial charge in [0, 0.05) is 28.9 Å². The third-order valence-electron chi connectivity index (χ3n) is 5.57. The highest BCUT2D eigenvalue weighted by Gasteiger charge is 2.37. The second-order valence-corrected chi connectivity index (χ2v) is 8.90. The maximum atomic E-state index is 13.1. The molecule has 29 heavy (non-hydrogen) atoms. The van der Waals surface area contributed by atoms with E-state index in [4.69, 9.17) is 9.72 Å². The quantitative estimate of drug-likeness (QED) is 0.566. The van der Waals surface area contributed by atoms with E-state index in [1.807, 2.05) is 24.3 Å². The lowest BCUT2D eigenvalue weighted by Crippen LogP contribution is -2.32. The standard InChI is InChI=1S/C22H25N3O3S/c1-4-12(2)29-22-24-20-19(21(27)25-22)17(13-8-10-14(28-3)11-9-13)18-15(23-20)6-5-7-16(18)26/h8-12,17H,4-7H2,1-3H3,(H2,23,24,25,27)/t12-,17+/m1/s1. The van der Waals surface area contributed by atoms with Gasteiger partial charge in [-0.2, -0.15) is 0 Å². The number of H-pyrrole nitrogens is 1. The minimum Gasteiger partial charge on any atom is -0.497 e. The molecular weight excluding hydrogens is 386 g/mol. The molecule has 2 atom stereocenters. The summed E-state index contributed by atoms with van der Waals surface area (Å²) in [5, 5.41) is 4.27. The molecule has 1 aromatic heterocycles. The Kier molecular flexibility index (Phi) is 5.50. The molecule has 2 aliphatic rings. The third-order valence-corrected chi connectivity index (χ3v) is 6.73. The number of Topliss-reactive ketones (excluding diaryl/α,β-unsaturated/α-hetero) is 1. The number of benzene rings is 1. The number of carbonyl (C=O) groups excluding carboxylic acids is 1. The number of ether oxygens (including phenoxy) is 1. The average molecular weight is 412 g/mol. The van der Waals surface area contributed by atoms with Crippen LogP contribution in [0.3, 0.4) is 0 Å². The molecule has 1 aliphatic heterocycles. The van der Waals surface area contributed by atoms with Gasteiger partial charge in [0.05, 0.1) is 12.7 Å². The summed E-state index contributed by atoms with van der Waals surface area (Å²) in [5.41, 5.74) is 2.80. The van der Waals surface area contributed by atoms with Crippen molar-refractivity contribution in [3.63, 3.8) is 0 Å². The molecular formula is C22H25N3O3S. The minimum absolute atomic E-state index is 0.0997. The topological polar surface area (TPSA) is 84.1 Å². The number of rotatable bonds is 5. The Morgan fingerprint density at radius 1 is 1.24 bits per heavy atom. The zero-order valence-corrected chi connectivity index (χ0v) is 17.7. The van der Waals surface area contributed by atoms with E-state index in [-0.39, 0.29) is 11.3 Å². The van der Waals surface area contributed by atoms with E-state index < -0.39 is 5.92 Å². The van der Waals surface area contributed by atoms with Gasteiger partial charge in [-0.15, -0.1) is 0 Å². The van der Waals surface area contributed by atoms with Crippen LogP contribution in [-0.4, -0.2) is 28.1 Å². The number of carbonyl (C=O) groups is 1. The molecule has 1 aromatic carbocycles. The van der Waals surface area contributed by atoms with Crippen molar-refractivity contribution in [1.29, 1.82) is 0 Å². The van der Waals surface area contributed by atoms with Gasteiger partial charge < -0.3 is 15.0 Å². The van der Waals surface area contributed by atoms with Gasteiger partial charge in [-0.3, -0.25) is 9.59 Å². The summed E-state index contributed by atoms with van der Waals surface area (Å²) in [6.45, 7) is 4.22. The lowest BCUT2D eigenvalue weighted by molar-refractivity contribution is -0.116. The smallest absolute Gasteiger partial charge is 0.257 e. The minimum atomic E-state index is -0.418. The van der Waals surface area contributed by atoms with Crippen molar-refractivity contribution >= 4 is 23.4 Å². The van der Waals surface area contributed by atoms with Crippen LogP contribution in [0.4, 0.5) is 5.82 Å². The summed E-state index contributed by atoms with van der Waals surface area (Å²) >= 11 is 1.56. The van der Waals surface area contributed by atoms with E-state index in [9.17, 15) is 9.59 Å². The molecule has 0 saturated heterocycles. The lowest BCUT2D eigenvalue weighted by atomic mass is 9.76. The molecule has 0 bridgehead atoms. The summed E-state index contributed by atoms with van der Waals surface area (Å²) in [4.78, 5) is 33.6. The van der Waals surface area contributed by atoms with Gasteiger partial charge >= 0.3 is 0 Å². The van der Waals surface area contributed by atoms with Crippen LogP contribution in [0.2, 0.25) is 0 Å². The highest BCUT2D eigenvalue weighted by atomic mass is 32.2. The molecule has 0 fully saturated rings.